The van der Waals surface area contributed by atoms with Crippen molar-refractivity contribution in [2.45, 2.75) is 92.4 Å². The zero-order valence-corrected chi connectivity index (χ0v) is 30.2. The highest BCUT2D eigenvalue weighted by atomic mass is 19.3. The first-order chi connectivity index (χ1) is 20.5. The Bertz CT molecular complexity index is 683. The highest BCUT2D eigenvalue weighted by Crippen LogP contribution is 2.31. The second-order valence-corrected chi connectivity index (χ2v) is 13.7. The van der Waals surface area contributed by atoms with Crippen LogP contribution in [-0.2, 0) is 4.74 Å². The highest BCUT2D eigenvalue weighted by Gasteiger charge is 2.37. The maximum absolute atomic E-state index is 11.9. The fraction of sp³-hybridized carbons (Fsp3) is 0.939. The van der Waals surface area contributed by atoms with E-state index in [1.54, 1.807) is 0 Å². The van der Waals surface area contributed by atoms with Gasteiger partial charge in [-0.05, 0) is 104 Å². The molecule has 0 aromatic carbocycles. The van der Waals surface area contributed by atoms with E-state index in [-0.39, 0.29) is 0 Å². The molecule has 1 saturated carbocycles. The summed E-state index contributed by atoms with van der Waals surface area (Å²) in [7, 11) is 9.29. The van der Waals surface area contributed by atoms with Gasteiger partial charge in [0.25, 0.3) is 5.92 Å². The molecular formula is C33H65F7N4O. The molecule has 0 radical (unpaired) electrons. The van der Waals surface area contributed by atoms with Gasteiger partial charge in [0.2, 0.25) is 5.83 Å². The van der Waals surface area contributed by atoms with Crippen LogP contribution in [0.1, 0.15) is 74.1 Å². The number of alkyl halides is 5. The molecule has 3 aliphatic heterocycles. The molecule has 3 saturated heterocycles. The molecule has 3 heterocycles. The van der Waals surface area contributed by atoms with E-state index >= 15 is 0 Å². The number of hydrogen-bond donors (Lipinski definition) is 0. The zero-order chi connectivity index (χ0) is 35.5. The highest BCUT2D eigenvalue weighted by molar-refractivity contribution is 5.03. The fourth-order valence-corrected chi connectivity index (χ4v) is 4.65. The molecule has 1 aliphatic carbocycles. The normalized spacial score (nSPS) is 24.9. The van der Waals surface area contributed by atoms with Gasteiger partial charge in [0.15, 0.2) is 6.17 Å². The van der Waals surface area contributed by atoms with E-state index in [9.17, 15) is 30.7 Å². The fourth-order valence-electron chi connectivity index (χ4n) is 4.65. The number of ether oxygens (including phenoxy) is 1. The number of piperazine rings is 1. The number of likely N-dealkylation sites (tertiary alicyclic amines) is 2. The molecule has 5 nitrogen and oxygen atoms in total. The summed E-state index contributed by atoms with van der Waals surface area (Å²) in [6.07, 6.45) is -0.432. The van der Waals surface area contributed by atoms with Crippen LogP contribution >= 0.6 is 0 Å². The zero-order valence-electron chi connectivity index (χ0n) is 30.2. The van der Waals surface area contributed by atoms with E-state index in [1.165, 1.54) is 78.0 Å². The third-order valence-electron chi connectivity index (χ3n) is 8.10. The molecule has 45 heavy (non-hydrogen) atoms. The van der Waals surface area contributed by atoms with Crippen molar-refractivity contribution in [1.82, 2.24) is 19.6 Å². The Hall–Kier alpha value is -0.950. The predicted molar refractivity (Wildman–Crippen MR) is 173 cm³/mol. The first kappa shape index (κ1) is 46.2. The maximum atomic E-state index is 11.9. The average Bonchev–Trinajstić information content (AvgIpc) is 2.91. The number of likely N-dealkylation sites (N-methyl/N-ethyl adjacent to an activating group) is 2. The van der Waals surface area contributed by atoms with E-state index in [0.717, 1.165) is 30.6 Å². The molecule has 4 aliphatic rings. The SMILES string of the molecule is CC(F)C(C)(F)F.CC1CC(C)C1.CC1CCN(C)CC1.CC1CN(C)C1.CN1CCN(C)CC1.COC(F)(F)/C(F)=C(/C)F. The van der Waals surface area contributed by atoms with Gasteiger partial charge >= 0.3 is 6.11 Å². The number of piperidine rings is 1. The first-order valence-electron chi connectivity index (χ1n) is 16.2. The van der Waals surface area contributed by atoms with Gasteiger partial charge in [-0.2, -0.15) is 13.2 Å². The lowest BCUT2D eigenvalue weighted by molar-refractivity contribution is -0.204. The van der Waals surface area contributed by atoms with Gasteiger partial charge in [0.05, 0.1) is 0 Å². The minimum absolute atomic E-state index is 0.553. The topological polar surface area (TPSA) is 22.2 Å². The second-order valence-electron chi connectivity index (χ2n) is 13.7. The molecule has 272 valence electrons. The number of methoxy groups -OCH3 is 1. The van der Waals surface area contributed by atoms with Crippen molar-refractivity contribution in [3.05, 3.63) is 11.7 Å². The van der Waals surface area contributed by atoms with Gasteiger partial charge in [-0.1, -0.05) is 27.7 Å². The van der Waals surface area contributed by atoms with Crippen LogP contribution in [0, 0.1) is 23.7 Å². The molecule has 1 unspecified atom stereocenters. The Labute approximate surface area is 270 Å². The van der Waals surface area contributed by atoms with Gasteiger partial charge in [0.1, 0.15) is 5.83 Å². The largest absolute Gasteiger partial charge is 0.411 e. The van der Waals surface area contributed by atoms with E-state index in [1.807, 2.05) is 0 Å². The van der Waals surface area contributed by atoms with Gasteiger partial charge in [-0.3, -0.25) is 0 Å². The van der Waals surface area contributed by atoms with Crippen LogP contribution in [0.25, 0.3) is 0 Å². The van der Waals surface area contributed by atoms with Gasteiger partial charge < -0.3 is 24.3 Å². The third-order valence-corrected chi connectivity index (χ3v) is 8.10. The number of nitrogens with zero attached hydrogens (tertiary/aromatic N) is 4. The monoisotopic (exact) mass is 667 g/mol. The summed E-state index contributed by atoms with van der Waals surface area (Å²) in [5.74, 6) is -2.90. The molecule has 0 N–H and O–H groups in total. The number of halogens is 7. The van der Waals surface area contributed by atoms with Gasteiger partial charge in [-0.25, -0.2) is 17.6 Å². The van der Waals surface area contributed by atoms with Crippen molar-refractivity contribution in [2.75, 3.05) is 87.7 Å². The number of allylic oxidation sites excluding steroid dienone is 1. The van der Waals surface area contributed by atoms with Crippen molar-refractivity contribution in [3.63, 3.8) is 0 Å². The second kappa shape index (κ2) is 23.4. The minimum Gasteiger partial charge on any atom is -0.318 e. The van der Waals surface area contributed by atoms with Crippen LogP contribution in [0.2, 0.25) is 0 Å². The lowest BCUT2D eigenvalue weighted by Crippen LogP contribution is -2.42. The standard InChI is InChI=1S/C7H15N.C6H14N2.C6H12.C5H6F4O.C5H11N.C4H7F3/c2*1-7-3-5-8(2)6-4-7;1-5-3-6(2)4-5;1-3(6)4(7)5(8,9)10-2;1-5-3-6(2)4-5;1-3(5)4(2,6)7/h7H,3-6H2,1-2H3;3-6H2,1-2H3;5-6H,3-4H2,1-2H3;1-2H3;5H,3-4H2,1-2H3;3H,1-2H3/b;;;4-3+;;. The molecule has 0 spiro atoms. The van der Waals surface area contributed by atoms with E-state index in [2.05, 4.69) is 80.2 Å². The van der Waals surface area contributed by atoms with Crippen molar-refractivity contribution < 1.29 is 35.5 Å². The Morgan fingerprint density at radius 1 is 0.667 bits per heavy atom. The van der Waals surface area contributed by atoms with E-state index < -0.39 is 29.9 Å². The predicted octanol–water partition coefficient (Wildman–Crippen LogP) is 8.23. The quantitative estimate of drug-likeness (QED) is 0.283. The van der Waals surface area contributed by atoms with Crippen molar-refractivity contribution in [2.24, 2.45) is 23.7 Å². The number of hydrogen-bond acceptors (Lipinski definition) is 5. The van der Waals surface area contributed by atoms with Crippen LogP contribution in [0.15, 0.2) is 11.7 Å². The molecule has 0 bridgehead atoms. The minimum atomic E-state index is -4.14. The Morgan fingerprint density at radius 2 is 1.00 bits per heavy atom. The molecule has 4 rings (SSSR count). The van der Waals surface area contributed by atoms with Crippen LogP contribution in [-0.4, -0.2) is 125 Å². The molecule has 0 amide bonds. The summed E-state index contributed by atoms with van der Waals surface area (Å²) in [6.45, 7) is 21.4. The van der Waals surface area contributed by atoms with Crippen molar-refractivity contribution in [3.8, 4) is 0 Å². The molecule has 0 aromatic heterocycles. The number of rotatable bonds is 3. The first-order valence-corrected chi connectivity index (χ1v) is 16.2. The van der Waals surface area contributed by atoms with Crippen LogP contribution in [0.5, 0.6) is 0 Å². The summed E-state index contributed by atoms with van der Waals surface area (Å²) < 4.78 is 85.2. The lowest BCUT2D eigenvalue weighted by Gasteiger charge is -2.33. The van der Waals surface area contributed by atoms with Crippen molar-refractivity contribution >= 4 is 0 Å². The smallest absolute Gasteiger partial charge is 0.318 e. The molecule has 12 heteroatoms. The third kappa shape index (κ3) is 24.8. The Kier molecular flexibility index (Phi) is 24.0. The Balaban J connectivity index is 0. The molecule has 0 aromatic rings. The summed E-state index contributed by atoms with van der Waals surface area (Å²) in [6, 6.07) is 0. The van der Waals surface area contributed by atoms with Gasteiger partial charge in [-0.15, -0.1) is 0 Å². The summed E-state index contributed by atoms with van der Waals surface area (Å²) in [5.41, 5.74) is 0. The van der Waals surface area contributed by atoms with Crippen LogP contribution in [0.4, 0.5) is 30.7 Å². The maximum Gasteiger partial charge on any atom is 0.411 e. The summed E-state index contributed by atoms with van der Waals surface area (Å²) in [5, 5.41) is 0. The summed E-state index contributed by atoms with van der Waals surface area (Å²) in [4.78, 5) is 9.45. The lowest BCUT2D eigenvalue weighted by atomic mass is 9.78. The molecule has 4 fully saturated rings. The van der Waals surface area contributed by atoms with Gasteiger partial charge in [0, 0.05) is 53.3 Å². The van der Waals surface area contributed by atoms with Crippen LogP contribution in [0.3, 0.4) is 0 Å². The van der Waals surface area contributed by atoms with E-state index in [0.29, 0.717) is 21.0 Å². The average molecular weight is 667 g/mol. The van der Waals surface area contributed by atoms with E-state index in [4.69, 9.17) is 0 Å². The van der Waals surface area contributed by atoms with Crippen molar-refractivity contribution in [1.29, 1.82) is 0 Å². The molecule has 1 atom stereocenters. The molecular weight excluding hydrogens is 601 g/mol. The van der Waals surface area contributed by atoms with Crippen LogP contribution < -0.4 is 0 Å². The summed E-state index contributed by atoms with van der Waals surface area (Å²) >= 11 is 0. The Morgan fingerprint density at radius 3 is 1.13 bits per heavy atom.